The summed E-state index contributed by atoms with van der Waals surface area (Å²) in [6.07, 6.45) is 1.69. The molecule has 1 atom stereocenters. The van der Waals surface area contributed by atoms with E-state index in [1.165, 1.54) is 16.8 Å². The predicted octanol–water partition coefficient (Wildman–Crippen LogP) is 0.637. The summed E-state index contributed by atoms with van der Waals surface area (Å²) in [5.74, 6) is -0.236. The first-order chi connectivity index (χ1) is 8.49. The van der Waals surface area contributed by atoms with Crippen molar-refractivity contribution >= 4 is 11.6 Å². The van der Waals surface area contributed by atoms with Crippen molar-refractivity contribution < 1.29 is 4.79 Å². The molecule has 0 saturated carbocycles. The first-order valence-corrected chi connectivity index (χ1v) is 6.27. The average Bonchev–Trinajstić information content (AvgIpc) is 2.48. The molecule has 2 rings (SSSR count). The number of hydrogen-bond donors (Lipinski definition) is 1. The molecule has 1 amide bonds. The fraction of sp³-hybridized carbons (Fsp3) is 0.500. The number of amides is 1. The Kier molecular flexibility index (Phi) is 3.57. The topological polar surface area (TPSA) is 49.6 Å². The van der Waals surface area contributed by atoms with Crippen molar-refractivity contribution in [3.63, 3.8) is 0 Å². The minimum atomic E-state index is -0.236. The van der Waals surface area contributed by atoms with Gasteiger partial charge in [0.1, 0.15) is 0 Å². The number of fused-ring (bicyclic) bond motifs is 1. The third-order valence-corrected chi connectivity index (χ3v) is 3.71. The van der Waals surface area contributed by atoms with E-state index >= 15 is 0 Å². The third kappa shape index (κ3) is 2.48. The van der Waals surface area contributed by atoms with Crippen molar-refractivity contribution in [2.75, 3.05) is 32.6 Å². The Hall–Kier alpha value is -1.55. The maximum atomic E-state index is 11.5. The SMILES string of the molecule is CN(C)c1ccc2c(c1)CC(C(N)=O)N(C)CC2. The maximum absolute atomic E-state index is 11.5. The number of nitrogens with two attached hydrogens (primary N) is 1. The molecule has 0 spiro atoms. The van der Waals surface area contributed by atoms with Crippen LogP contribution in [0.15, 0.2) is 18.2 Å². The number of likely N-dealkylation sites (N-methyl/N-ethyl adjacent to an activating group) is 1. The molecule has 4 heteroatoms. The van der Waals surface area contributed by atoms with Gasteiger partial charge in [-0.25, -0.2) is 0 Å². The number of carbonyl (C=O) groups is 1. The second kappa shape index (κ2) is 4.98. The van der Waals surface area contributed by atoms with Crippen LogP contribution in [0.5, 0.6) is 0 Å². The zero-order valence-corrected chi connectivity index (χ0v) is 11.3. The van der Waals surface area contributed by atoms with E-state index in [2.05, 4.69) is 28.0 Å². The maximum Gasteiger partial charge on any atom is 0.235 e. The largest absolute Gasteiger partial charge is 0.378 e. The van der Waals surface area contributed by atoms with Gasteiger partial charge in [0.05, 0.1) is 6.04 Å². The van der Waals surface area contributed by atoms with Crippen LogP contribution < -0.4 is 10.6 Å². The number of nitrogens with zero attached hydrogens (tertiary/aromatic N) is 2. The molecule has 1 aromatic rings. The molecule has 0 radical (unpaired) electrons. The third-order valence-electron chi connectivity index (χ3n) is 3.71. The van der Waals surface area contributed by atoms with Crippen LogP contribution in [0.1, 0.15) is 11.1 Å². The summed E-state index contributed by atoms with van der Waals surface area (Å²) in [4.78, 5) is 15.6. The molecule has 4 nitrogen and oxygen atoms in total. The van der Waals surface area contributed by atoms with Crippen molar-refractivity contribution in [3.8, 4) is 0 Å². The molecule has 0 fully saturated rings. The Morgan fingerprint density at radius 2 is 2.11 bits per heavy atom. The van der Waals surface area contributed by atoms with Gasteiger partial charge in [-0.05, 0) is 43.1 Å². The minimum absolute atomic E-state index is 0.191. The lowest BCUT2D eigenvalue weighted by Crippen LogP contribution is -2.43. The van der Waals surface area contributed by atoms with Crippen molar-refractivity contribution in [2.45, 2.75) is 18.9 Å². The lowest BCUT2D eigenvalue weighted by Gasteiger charge is -2.22. The highest BCUT2D eigenvalue weighted by atomic mass is 16.1. The van der Waals surface area contributed by atoms with Gasteiger partial charge in [0.2, 0.25) is 5.91 Å². The van der Waals surface area contributed by atoms with Gasteiger partial charge in [0.25, 0.3) is 0 Å². The molecule has 2 N–H and O–H groups in total. The quantitative estimate of drug-likeness (QED) is 0.834. The molecule has 0 bridgehead atoms. The van der Waals surface area contributed by atoms with E-state index in [1.807, 2.05) is 21.1 Å². The lowest BCUT2D eigenvalue weighted by atomic mass is 9.99. The van der Waals surface area contributed by atoms with E-state index in [0.717, 1.165) is 13.0 Å². The van der Waals surface area contributed by atoms with E-state index in [1.54, 1.807) is 0 Å². The van der Waals surface area contributed by atoms with Gasteiger partial charge >= 0.3 is 0 Å². The minimum Gasteiger partial charge on any atom is -0.378 e. The molecule has 0 aromatic heterocycles. The summed E-state index contributed by atoms with van der Waals surface area (Å²) < 4.78 is 0. The van der Waals surface area contributed by atoms with Gasteiger partial charge in [-0.15, -0.1) is 0 Å². The van der Waals surface area contributed by atoms with Gasteiger partial charge in [0.15, 0.2) is 0 Å². The van der Waals surface area contributed by atoms with Crippen LogP contribution in [-0.4, -0.2) is 44.5 Å². The van der Waals surface area contributed by atoms with Crippen LogP contribution in [-0.2, 0) is 17.6 Å². The summed E-state index contributed by atoms with van der Waals surface area (Å²) >= 11 is 0. The van der Waals surface area contributed by atoms with Crippen LogP contribution in [0.3, 0.4) is 0 Å². The van der Waals surface area contributed by atoms with Crippen LogP contribution >= 0.6 is 0 Å². The smallest absolute Gasteiger partial charge is 0.235 e. The monoisotopic (exact) mass is 247 g/mol. The number of benzene rings is 1. The van der Waals surface area contributed by atoms with Crippen molar-refractivity contribution in [1.29, 1.82) is 0 Å². The highest BCUT2D eigenvalue weighted by molar-refractivity contribution is 5.80. The van der Waals surface area contributed by atoms with Gasteiger partial charge in [0, 0.05) is 26.3 Å². The number of carbonyl (C=O) groups excluding carboxylic acids is 1. The fourth-order valence-corrected chi connectivity index (χ4v) is 2.46. The number of anilines is 1. The van der Waals surface area contributed by atoms with E-state index in [-0.39, 0.29) is 11.9 Å². The Morgan fingerprint density at radius 1 is 1.39 bits per heavy atom. The summed E-state index contributed by atoms with van der Waals surface area (Å²) in [5, 5.41) is 0. The first kappa shape index (κ1) is 12.9. The second-order valence-corrected chi connectivity index (χ2v) is 5.20. The van der Waals surface area contributed by atoms with Crippen LogP contribution in [0.25, 0.3) is 0 Å². The number of rotatable bonds is 2. The predicted molar refractivity (Wildman–Crippen MR) is 73.8 cm³/mol. The Bertz CT molecular complexity index is 456. The molecule has 1 aromatic carbocycles. The molecule has 1 aliphatic rings. The molecular weight excluding hydrogens is 226 g/mol. The van der Waals surface area contributed by atoms with Crippen molar-refractivity contribution in [1.82, 2.24) is 4.90 Å². The summed E-state index contributed by atoms with van der Waals surface area (Å²) in [7, 11) is 6.01. The molecular formula is C14H21N3O. The molecule has 18 heavy (non-hydrogen) atoms. The Balaban J connectivity index is 2.35. The van der Waals surface area contributed by atoms with E-state index < -0.39 is 0 Å². The molecule has 0 aliphatic carbocycles. The summed E-state index contributed by atoms with van der Waals surface area (Å²) in [6, 6.07) is 6.28. The van der Waals surface area contributed by atoms with Crippen molar-refractivity contribution in [3.05, 3.63) is 29.3 Å². The zero-order chi connectivity index (χ0) is 13.3. The van der Waals surface area contributed by atoms with Gasteiger partial charge in [-0.2, -0.15) is 0 Å². The highest BCUT2D eigenvalue weighted by Crippen LogP contribution is 2.23. The molecule has 0 saturated heterocycles. The standard InChI is InChI=1S/C14H21N3O/c1-16(2)12-5-4-10-6-7-17(3)13(14(15)18)9-11(10)8-12/h4-5,8,13H,6-7,9H2,1-3H3,(H2,15,18). The van der Waals surface area contributed by atoms with E-state index in [9.17, 15) is 4.79 Å². The first-order valence-electron chi connectivity index (χ1n) is 6.27. The number of hydrogen-bond acceptors (Lipinski definition) is 3. The van der Waals surface area contributed by atoms with Crippen LogP contribution in [0, 0.1) is 0 Å². The molecule has 1 unspecified atom stereocenters. The second-order valence-electron chi connectivity index (χ2n) is 5.20. The lowest BCUT2D eigenvalue weighted by molar-refractivity contribution is -0.122. The van der Waals surface area contributed by atoms with Gasteiger partial charge in [-0.1, -0.05) is 6.07 Å². The van der Waals surface area contributed by atoms with Crippen LogP contribution in [0.2, 0.25) is 0 Å². The Labute approximate surface area is 108 Å². The van der Waals surface area contributed by atoms with Crippen LogP contribution in [0.4, 0.5) is 5.69 Å². The molecule has 98 valence electrons. The van der Waals surface area contributed by atoms with E-state index in [0.29, 0.717) is 6.42 Å². The molecule has 1 aliphatic heterocycles. The van der Waals surface area contributed by atoms with Gasteiger partial charge in [-0.3, -0.25) is 9.69 Å². The normalized spacial score (nSPS) is 20.1. The zero-order valence-electron chi connectivity index (χ0n) is 11.3. The average molecular weight is 247 g/mol. The molecule has 1 heterocycles. The Morgan fingerprint density at radius 3 is 2.72 bits per heavy atom. The van der Waals surface area contributed by atoms with Crippen molar-refractivity contribution in [2.24, 2.45) is 5.73 Å². The number of primary amides is 1. The highest BCUT2D eigenvalue weighted by Gasteiger charge is 2.25. The summed E-state index contributed by atoms with van der Waals surface area (Å²) in [6.45, 7) is 0.877. The fourth-order valence-electron chi connectivity index (χ4n) is 2.46. The van der Waals surface area contributed by atoms with Gasteiger partial charge < -0.3 is 10.6 Å². The summed E-state index contributed by atoms with van der Waals surface area (Å²) in [5.41, 5.74) is 9.23. The van der Waals surface area contributed by atoms with E-state index in [4.69, 9.17) is 5.73 Å².